The number of carbonyl (C=O) groups excluding carboxylic acids is 2. The van der Waals surface area contributed by atoms with Crippen molar-refractivity contribution in [1.29, 1.82) is 5.26 Å². The lowest BCUT2D eigenvalue weighted by molar-refractivity contribution is -0.137. The lowest BCUT2D eigenvalue weighted by Crippen LogP contribution is -2.40. The quantitative estimate of drug-likeness (QED) is 0.181. The van der Waals surface area contributed by atoms with Crippen molar-refractivity contribution in [2.45, 2.75) is 31.5 Å². The number of nitrogens with two attached hydrogens (primary N) is 1. The van der Waals surface area contributed by atoms with Gasteiger partial charge in [-0.3, -0.25) is 9.59 Å². The molecular formula is C32H33F3N6O2. The monoisotopic (exact) mass is 590 g/mol. The Hall–Kier alpha value is -4.66. The second-order valence-corrected chi connectivity index (χ2v) is 10.2. The van der Waals surface area contributed by atoms with Crippen LogP contribution < -0.4 is 21.7 Å². The molecule has 4 rings (SSSR count). The van der Waals surface area contributed by atoms with Crippen LogP contribution in [-0.2, 0) is 15.8 Å². The predicted molar refractivity (Wildman–Crippen MR) is 161 cm³/mol. The summed E-state index contributed by atoms with van der Waals surface area (Å²) < 4.78 is 39.4. The third-order valence-electron chi connectivity index (χ3n) is 7.13. The van der Waals surface area contributed by atoms with Gasteiger partial charge in [-0.2, -0.15) is 18.4 Å². The number of para-hydroxylation sites is 2. The Kier molecular flexibility index (Phi) is 10.5. The minimum Gasteiger partial charge on any atom is -0.397 e. The van der Waals surface area contributed by atoms with E-state index in [-0.39, 0.29) is 17.2 Å². The van der Waals surface area contributed by atoms with E-state index < -0.39 is 23.7 Å². The van der Waals surface area contributed by atoms with E-state index in [1.807, 2.05) is 0 Å². The molecular weight excluding hydrogens is 557 g/mol. The molecule has 0 bridgehead atoms. The second-order valence-electron chi connectivity index (χ2n) is 10.2. The highest BCUT2D eigenvalue weighted by Gasteiger charge is 2.31. The van der Waals surface area contributed by atoms with E-state index in [0.29, 0.717) is 29.0 Å². The zero-order valence-corrected chi connectivity index (χ0v) is 23.5. The normalized spacial score (nSPS) is 14.7. The Morgan fingerprint density at radius 2 is 1.70 bits per heavy atom. The molecule has 1 saturated heterocycles. The number of hydrogen-bond acceptors (Lipinski definition) is 6. The number of piperidine rings is 1. The minimum absolute atomic E-state index is 0.00653. The molecule has 5 N–H and O–H groups in total. The summed E-state index contributed by atoms with van der Waals surface area (Å²) in [4.78, 5) is 28.1. The first kappa shape index (κ1) is 31.3. The van der Waals surface area contributed by atoms with Gasteiger partial charge in [0.2, 0.25) is 11.8 Å². The van der Waals surface area contributed by atoms with Crippen LogP contribution in [-0.4, -0.2) is 42.9 Å². The maximum atomic E-state index is 13.5. The van der Waals surface area contributed by atoms with E-state index in [4.69, 9.17) is 5.73 Å². The molecule has 8 nitrogen and oxygen atoms in total. The number of hydrogen-bond donors (Lipinski definition) is 4. The van der Waals surface area contributed by atoms with Gasteiger partial charge < -0.3 is 26.6 Å². The highest BCUT2D eigenvalue weighted by atomic mass is 19.4. The zero-order valence-electron chi connectivity index (χ0n) is 23.5. The van der Waals surface area contributed by atoms with E-state index in [2.05, 4.69) is 20.9 Å². The van der Waals surface area contributed by atoms with Crippen LogP contribution >= 0.6 is 0 Å². The van der Waals surface area contributed by atoms with E-state index in [1.54, 1.807) is 60.7 Å². The summed E-state index contributed by atoms with van der Waals surface area (Å²) in [5.41, 5.74) is 6.88. The van der Waals surface area contributed by atoms with Gasteiger partial charge in [0.15, 0.2) is 0 Å². The molecule has 224 valence electrons. The van der Waals surface area contributed by atoms with E-state index >= 15 is 0 Å². The molecule has 1 fully saturated rings. The van der Waals surface area contributed by atoms with Gasteiger partial charge in [-0.25, -0.2) is 0 Å². The smallest absolute Gasteiger partial charge is 0.397 e. The van der Waals surface area contributed by atoms with Crippen molar-refractivity contribution in [2.75, 3.05) is 42.5 Å². The van der Waals surface area contributed by atoms with Gasteiger partial charge in [-0.05, 0) is 73.5 Å². The molecule has 0 aliphatic carbocycles. The first-order valence-electron chi connectivity index (χ1n) is 14.0. The van der Waals surface area contributed by atoms with E-state index in [0.717, 1.165) is 50.7 Å². The Morgan fingerprint density at radius 3 is 2.37 bits per heavy atom. The molecule has 1 aliphatic rings. The van der Waals surface area contributed by atoms with Crippen LogP contribution in [0.25, 0.3) is 6.08 Å². The molecule has 1 heterocycles. The molecule has 1 aliphatic heterocycles. The standard InChI is InChI=1S/C32H33F3N6O2/c33-32(34,35)25-13-14-27(24(20-25)21-36)40-31(43)30(38-16-19-41-17-4-1-5-18-41)23-11-8-22(9-12-23)10-15-29(42)39-28-7-3-2-6-26(28)37/h2-3,6-15,20,30,38H,1,4-5,16-19,37H2,(H,39,42)(H,40,43)/b15-10+. The number of alkyl halides is 3. The molecule has 11 heteroatoms. The first-order chi connectivity index (χ1) is 20.6. The van der Waals surface area contributed by atoms with Crippen LogP contribution in [0.1, 0.15) is 47.6 Å². The molecule has 3 aromatic carbocycles. The van der Waals surface area contributed by atoms with Crippen LogP contribution in [0.4, 0.5) is 30.2 Å². The van der Waals surface area contributed by atoms with Crippen molar-refractivity contribution in [1.82, 2.24) is 10.2 Å². The van der Waals surface area contributed by atoms with Crippen LogP contribution in [0, 0.1) is 11.3 Å². The third-order valence-corrected chi connectivity index (χ3v) is 7.13. The van der Waals surface area contributed by atoms with Crippen molar-refractivity contribution in [2.24, 2.45) is 0 Å². The van der Waals surface area contributed by atoms with Crippen LogP contribution in [0.3, 0.4) is 0 Å². The third kappa shape index (κ3) is 8.91. The number of carbonyl (C=O) groups is 2. The fraction of sp³-hybridized carbons (Fsp3) is 0.281. The molecule has 0 radical (unpaired) electrons. The highest BCUT2D eigenvalue weighted by Crippen LogP contribution is 2.32. The van der Waals surface area contributed by atoms with Gasteiger partial charge in [-0.15, -0.1) is 0 Å². The number of halogens is 3. The average Bonchev–Trinajstić information content (AvgIpc) is 3.00. The van der Waals surface area contributed by atoms with Gasteiger partial charge in [0, 0.05) is 19.2 Å². The number of nitrogens with zero attached hydrogens (tertiary/aromatic N) is 2. The summed E-state index contributed by atoms with van der Waals surface area (Å²) in [7, 11) is 0. The van der Waals surface area contributed by atoms with Gasteiger partial charge in [0.05, 0.1) is 28.2 Å². The number of anilines is 3. The zero-order chi connectivity index (χ0) is 30.8. The lowest BCUT2D eigenvalue weighted by atomic mass is 10.0. The molecule has 3 aromatic rings. The van der Waals surface area contributed by atoms with Gasteiger partial charge in [0.25, 0.3) is 0 Å². The summed E-state index contributed by atoms with van der Waals surface area (Å²) in [5.74, 6) is -0.874. The maximum Gasteiger partial charge on any atom is 0.416 e. The molecule has 1 atom stereocenters. The molecule has 2 amide bonds. The van der Waals surface area contributed by atoms with Crippen LogP contribution in [0.5, 0.6) is 0 Å². The molecule has 1 unspecified atom stereocenters. The molecule has 0 spiro atoms. The Morgan fingerprint density at radius 1 is 0.977 bits per heavy atom. The van der Waals surface area contributed by atoms with Gasteiger partial charge in [0.1, 0.15) is 12.1 Å². The summed E-state index contributed by atoms with van der Waals surface area (Å²) in [5, 5.41) is 18.1. The largest absolute Gasteiger partial charge is 0.416 e. The number of nitrogen functional groups attached to an aromatic ring is 1. The second kappa shape index (κ2) is 14.5. The van der Waals surface area contributed by atoms with Crippen LogP contribution in [0.15, 0.2) is 72.8 Å². The number of rotatable bonds is 10. The molecule has 0 aromatic heterocycles. The summed E-state index contributed by atoms with van der Waals surface area (Å²) >= 11 is 0. The number of amides is 2. The Bertz CT molecular complexity index is 1490. The summed E-state index contributed by atoms with van der Waals surface area (Å²) in [6.07, 6.45) is 1.83. The molecule has 43 heavy (non-hydrogen) atoms. The number of nitriles is 1. The lowest BCUT2D eigenvalue weighted by Gasteiger charge is -2.27. The first-order valence-corrected chi connectivity index (χ1v) is 14.0. The van der Waals surface area contributed by atoms with E-state index in [1.165, 1.54) is 12.5 Å². The Labute approximate surface area is 248 Å². The SMILES string of the molecule is N#Cc1cc(C(F)(F)F)ccc1NC(=O)C(NCCN1CCCCC1)c1ccc(/C=C/C(=O)Nc2ccccc2N)cc1. The average molecular weight is 591 g/mol. The fourth-order valence-corrected chi connectivity index (χ4v) is 4.80. The Balaban J connectivity index is 1.48. The maximum absolute atomic E-state index is 13.5. The fourth-order valence-electron chi connectivity index (χ4n) is 4.80. The number of nitrogens with one attached hydrogen (secondary N) is 3. The van der Waals surface area contributed by atoms with Crippen molar-refractivity contribution >= 4 is 35.0 Å². The minimum atomic E-state index is -4.61. The topological polar surface area (TPSA) is 123 Å². The number of likely N-dealkylation sites (tertiary alicyclic amines) is 1. The van der Waals surface area contributed by atoms with Crippen molar-refractivity contribution in [3.63, 3.8) is 0 Å². The van der Waals surface area contributed by atoms with E-state index in [9.17, 15) is 28.0 Å². The van der Waals surface area contributed by atoms with Crippen molar-refractivity contribution < 1.29 is 22.8 Å². The summed E-state index contributed by atoms with van der Waals surface area (Å²) in [6.45, 7) is 3.21. The molecule has 0 saturated carbocycles. The van der Waals surface area contributed by atoms with Crippen molar-refractivity contribution in [3.8, 4) is 6.07 Å². The van der Waals surface area contributed by atoms with Crippen molar-refractivity contribution in [3.05, 3.63) is 95.1 Å². The van der Waals surface area contributed by atoms with Gasteiger partial charge in [-0.1, -0.05) is 42.8 Å². The highest BCUT2D eigenvalue weighted by molar-refractivity contribution is 6.03. The number of benzene rings is 3. The summed E-state index contributed by atoms with van der Waals surface area (Å²) in [6, 6.07) is 17.4. The predicted octanol–water partition coefficient (Wildman–Crippen LogP) is 5.57. The van der Waals surface area contributed by atoms with Crippen LogP contribution in [0.2, 0.25) is 0 Å². The van der Waals surface area contributed by atoms with Gasteiger partial charge >= 0.3 is 6.18 Å².